The Morgan fingerprint density at radius 1 is 1.23 bits per heavy atom. The van der Waals surface area contributed by atoms with Gasteiger partial charge in [-0.2, -0.15) is 0 Å². The smallest absolute Gasteiger partial charge is 0.143 e. The van der Waals surface area contributed by atoms with Gasteiger partial charge in [0.05, 0.1) is 6.42 Å². The van der Waals surface area contributed by atoms with Gasteiger partial charge >= 0.3 is 0 Å². The van der Waals surface area contributed by atoms with E-state index in [1.54, 1.807) is 0 Å². The van der Waals surface area contributed by atoms with Crippen LogP contribution >= 0.6 is 0 Å². The monoisotopic (exact) mass is 182 g/mol. The fraction of sp³-hybridized carbons (Fsp3) is 0.818. The Labute approximate surface area is 79.7 Å². The summed E-state index contributed by atoms with van der Waals surface area (Å²) in [7, 11) is 0. The topological polar surface area (TPSA) is 34.1 Å². The molecule has 1 fully saturated rings. The minimum atomic E-state index is -0.00301. The average molecular weight is 182 g/mol. The lowest BCUT2D eigenvalue weighted by Crippen LogP contribution is -2.21. The van der Waals surface area contributed by atoms with E-state index in [1.165, 1.54) is 6.92 Å². The predicted octanol–water partition coefficient (Wildman–Crippen LogP) is 2.22. The molecule has 0 bridgehead atoms. The number of carbonyl (C=O) groups is 2. The summed E-state index contributed by atoms with van der Waals surface area (Å²) in [6.45, 7) is 5.80. The van der Waals surface area contributed by atoms with Crippen LogP contribution < -0.4 is 0 Å². The zero-order chi connectivity index (χ0) is 10.0. The predicted molar refractivity (Wildman–Crippen MR) is 51.4 cm³/mol. The van der Waals surface area contributed by atoms with Crippen molar-refractivity contribution in [3.8, 4) is 0 Å². The highest BCUT2D eigenvalue weighted by molar-refractivity contribution is 5.99. The lowest BCUT2D eigenvalue weighted by molar-refractivity contribution is -0.129. The van der Waals surface area contributed by atoms with Gasteiger partial charge in [-0.05, 0) is 31.6 Å². The fourth-order valence-electron chi connectivity index (χ4n) is 2.20. The van der Waals surface area contributed by atoms with E-state index in [4.69, 9.17) is 0 Å². The van der Waals surface area contributed by atoms with Crippen LogP contribution in [0.4, 0.5) is 0 Å². The van der Waals surface area contributed by atoms with Crippen molar-refractivity contribution in [2.24, 2.45) is 17.8 Å². The van der Waals surface area contributed by atoms with Gasteiger partial charge in [-0.1, -0.05) is 13.8 Å². The molecule has 1 rings (SSSR count). The molecule has 13 heavy (non-hydrogen) atoms. The first-order valence-corrected chi connectivity index (χ1v) is 5.04. The summed E-state index contributed by atoms with van der Waals surface area (Å²) in [5.74, 6) is 1.41. The van der Waals surface area contributed by atoms with Crippen LogP contribution in [-0.2, 0) is 9.59 Å². The molecule has 2 nitrogen and oxygen atoms in total. The number of rotatable bonds is 3. The molecule has 1 aliphatic carbocycles. The van der Waals surface area contributed by atoms with Gasteiger partial charge in [0.2, 0.25) is 0 Å². The van der Waals surface area contributed by atoms with E-state index >= 15 is 0 Å². The SMILES string of the molecule is CC(=O)CC(=O)C1CCC(C)C1C. The van der Waals surface area contributed by atoms with E-state index in [2.05, 4.69) is 13.8 Å². The van der Waals surface area contributed by atoms with Crippen molar-refractivity contribution in [3.63, 3.8) is 0 Å². The van der Waals surface area contributed by atoms with Crippen molar-refractivity contribution in [2.75, 3.05) is 0 Å². The fourth-order valence-corrected chi connectivity index (χ4v) is 2.20. The minimum absolute atomic E-state index is 0.00301. The first-order chi connectivity index (χ1) is 6.02. The number of hydrogen-bond donors (Lipinski definition) is 0. The third kappa shape index (κ3) is 2.39. The van der Waals surface area contributed by atoms with Crippen LogP contribution in [0.15, 0.2) is 0 Å². The highest BCUT2D eigenvalue weighted by Gasteiger charge is 2.34. The molecule has 74 valence electrons. The first-order valence-electron chi connectivity index (χ1n) is 5.04. The zero-order valence-electron chi connectivity index (χ0n) is 8.67. The van der Waals surface area contributed by atoms with Crippen LogP contribution in [0.3, 0.4) is 0 Å². The summed E-state index contributed by atoms with van der Waals surface area (Å²) < 4.78 is 0. The second-order valence-corrected chi connectivity index (χ2v) is 4.37. The van der Waals surface area contributed by atoms with Crippen molar-refractivity contribution in [2.45, 2.75) is 40.0 Å². The normalized spacial score (nSPS) is 33.3. The molecule has 0 N–H and O–H groups in total. The summed E-state index contributed by atoms with van der Waals surface area (Å²) in [4.78, 5) is 22.4. The molecule has 0 aromatic carbocycles. The Bertz CT molecular complexity index is 220. The van der Waals surface area contributed by atoms with Crippen molar-refractivity contribution in [3.05, 3.63) is 0 Å². The Balaban J connectivity index is 2.53. The number of ketones is 2. The van der Waals surface area contributed by atoms with Gasteiger partial charge in [0, 0.05) is 5.92 Å². The molecule has 0 aromatic rings. The van der Waals surface area contributed by atoms with Gasteiger partial charge in [0.15, 0.2) is 0 Å². The second kappa shape index (κ2) is 4.03. The summed E-state index contributed by atoms with van der Waals surface area (Å²) in [5.41, 5.74) is 0. The molecule has 3 unspecified atom stereocenters. The maximum atomic E-state index is 11.6. The number of Topliss-reactive ketones (excluding diaryl/α,β-unsaturated/α-hetero) is 2. The first kappa shape index (κ1) is 10.4. The molecule has 0 aromatic heterocycles. The highest BCUT2D eigenvalue weighted by Crippen LogP contribution is 2.37. The molecule has 3 atom stereocenters. The molecule has 0 saturated heterocycles. The molecule has 1 aliphatic rings. The zero-order valence-corrected chi connectivity index (χ0v) is 8.67. The summed E-state index contributed by atoms with van der Waals surface area (Å²) in [6.07, 6.45) is 2.26. The van der Waals surface area contributed by atoms with Crippen LogP contribution in [0.5, 0.6) is 0 Å². The Morgan fingerprint density at radius 2 is 1.85 bits per heavy atom. The van der Waals surface area contributed by atoms with Crippen LogP contribution in [0.1, 0.15) is 40.0 Å². The highest BCUT2D eigenvalue weighted by atomic mass is 16.1. The maximum absolute atomic E-state index is 11.6. The maximum Gasteiger partial charge on any atom is 0.143 e. The van der Waals surface area contributed by atoms with E-state index in [9.17, 15) is 9.59 Å². The van der Waals surface area contributed by atoms with E-state index < -0.39 is 0 Å². The van der Waals surface area contributed by atoms with Crippen LogP contribution in [0.25, 0.3) is 0 Å². The van der Waals surface area contributed by atoms with Gasteiger partial charge in [-0.3, -0.25) is 9.59 Å². The van der Waals surface area contributed by atoms with Gasteiger partial charge in [0.25, 0.3) is 0 Å². The molecular weight excluding hydrogens is 164 g/mol. The summed E-state index contributed by atoms with van der Waals surface area (Å²) in [6, 6.07) is 0. The van der Waals surface area contributed by atoms with Gasteiger partial charge < -0.3 is 0 Å². The summed E-state index contributed by atoms with van der Waals surface area (Å²) >= 11 is 0. The molecule has 0 aliphatic heterocycles. The number of carbonyl (C=O) groups excluding carboxylic acids is 2. The summed E-state index contributed by atoms with van der Waals surface area (Å²) in [5, 5.41) is 0. The van der Waals surface area contributed by atoms with Gasteiger partial charge in [0.1, 0.15) is 11.6 Å². The van der Waals surface area contributed by atoms with Crippen LogP contribution in [0.2, 0.25) is 0 Å². The lowest BCUT2D eigenvalue weighted by Gasteiger charge is -2.15. The van der Waals surface area contributed by atoms with E-state index in [0.717, 1.165) is 12.8 Å². The van der Waals surface area contributed by atoms with E-state index in [1.807, 2.05) is 0 Å². The minimum Gasteiger partial charge on any atom is -0.300 e. The van der Waals surface area contributed by atoms with Gasteiger partial charge in [-0.15, -0.1) is 0 Å². The Morgan fingerprint density at radius 3 is 2.23 bits per heavy atom. The molecule has 0 heterocycles. The molecule has 2 heteroatoms. The standard InChI is InChI=1S/C11H18O2/c1-7-4-5-10(9(7)3)11(13)6-8(2)12/h7,9-10H,4-6H2,1-3H3. The third-order valence-corrected chi connectivity index (χ3v) is 3.30. The van der Waals surface area contributed by atoms with E-state index in [0.29, 0.717) is 11.8 Å². The average Bonchev–Trinajstić information content (AvgIpc) is 2.31. The molecule has 1 saturated carbocycles. The molecular formula is C11H18O2. The van der Waals surface area contributed by atoms with Crippen molar-refractivity contribution in [1.82, 2.24) is 0 Å². The van der Waals surface area contributed by atoms with Crippen molar-refractivity contribution in [1.29, 1.82) is 0 Å². The Hall–Kier alpha value is -0.660. The quantitative estimate of drug-likeness (QED) is 0.627. The van der Waals surface area contributed by atoms with Crippen molar-refractivity contribution < 1.29 is 9.59 Å². The second-order valence-electron chi connectivity index (χ2n) is 4.37. The Kier molecular flexibility index (Phi) is 3.23. The molecule has 0 radical (unpaired) electrons. The van der Waals surface area contributed by atoms with E-state index in [-0.39, 0.29) is 23.9 Å². The molecule has 0 spiro atoms. The lowest BCUT2D eigenvalue weighted by atomic mass is 9.88. The van der Waals surface area contributed by atoms with Crippen LogP contribution in [0, 0.1) is 17.8 Å². The van der Waals surface area contributed by atoms with Crippen LogP contribution in [-0.4, -0.2) is 11.6 Å². The van der Waals surface area contributed by atoms with Crippen molar-refractivity contribution >= 4 is 11.6 Å². The largest absolute Gasteiger partial charge is 0.300 e. The molecule has 0 amide bonds. The number of hydrogen-bond acceptors (Lipinski definition) is 2. The third-order valence-electron chi connectivity index (χ3n) is 3.30. The van der Waals surface area contributed by atoms with Gasteiger partial charge in [-0.25, -0.2) is 0 Å².